The summed E-state index contributed by atoms with van der Waals surface area (Å²) in [7, 11) is 0. The summed E-state index contributed by atoms with van der Waals surface area (Å²) in [5, 5.41) is 0. The second kappa shape index (κ2) is 6.70. The third-order valence-corrected chi connectivity index (χ3v) is 3.76. The maximum absolute atomic E-state index is 6.01. The van der Waals surface area contributed by atoms with Crippen LogP contribution in [0.4, 0.5) is 0 Å². The molecule has 1 saturated heterocycles. The molecule has 0 saturated carbocycles. The zero-order valence-corrected chi connectivity index (χ0v) is 10.4. The van der Waals surface area contributed by atoms with Crippen molar-refractivity contribution in [2.75, 3.05) is 25.1 Å². The van der Waals surface area contributed by atoms with Gasteiger partial charge in [-0.15, -0.1) is 0 Å². The van der Waals surface area contributed by atoms with Crippen LogP contribution < -0.4 is 5.73 Å². The zero-order valence-electron chi connectivity index (χ0n) is 9.54. The first-order valence-electron chi connectivity index (χ1n) is 5.74. The van der Waals surface area contributed by atoms with Gasteiger partial charge in [0.25, 0.3) is 0 Å². The van der Waals surface area contributed by atoms with Crippen molar-refractivity contribution in [2.24, 2.45) is 5.73 Å². The fourth-order valence-corrected chi connectivity index (χ4v) is 2.72. The van der Waals surface area contributed by atoms with Gasteiger partial charge in [0.2, 0.25) is 0 Å². The van der Waals surface area contributed by atoms with Crippen molar-refractivity contribution in [1.29, 1.82) is 0 Å². The normalized spacial score (nSPS) is 26.4. The van der Waals surface area contributed by atoms with E-state index in [1.807, 2.05) is 11.8 Å². The summed E-state index contributed by atoms with van der Waals surface area (Å²) in [6.07, 6.45) is 7.52. The number of piperidine rings is 1. The van der Waals surface area contributed by atoms with E-state index in [-0.39, 0.29) is 0 Å². The number of thioether (sulfide) groups is 1. The molecule has 0 bridgehead atoms. The van der Waals surface area contributed by atoms with Crippen molar-refractivity contribution in [1.82, 2.24) is 4.90 Å². The lowest BCUT2D eigenvalue weighted by atomic mass is 9.97. The van der Waals surface area contributed by atoms with Crippen LogP contribution >= 0.6 is 11.8 Å². The van der Waals surface area contributed by atoms with Gasteiger partial charge in [0.05, 0.1) is 0 Å². The molecule has 2 N–H and O–H groups in total. The lowest BCUT2D eigenvalue weighted by Crippen LogP contribution is -2.49. The minimum absolute atomic E-state index is 0.338. The molecular formula is C11H24N2S. The van der Waals surface area contributed by atoms with Crippen LogP contribution in [0.2, 0.25) is 0 Å². The van der Waals surface area contributed by atoms with Crippen LogP contribution in [0, 0.1) is 0 Å². The van der Waals surface area contributed by atoms with Crippen molar-refractivity contribution >= 4 is 11.8 Å². The zero-order chi connectivity index (χ0) is 10.4. The average molecular weight is 216 g/mol. The van der Waals surface area contributed by atoms with Gasteiger partial charge in [0.15, 0.2) is 0 Å². The third-order valence-electron chi connectivity index (χ3n) is 3.06. The van der Waals surface area contributed by atoms with E-state index in [0.29, 0.717) is 12.1 Å². The highest BCUT2D eigenvalue weighted by molar-refractivity contribution is 7.98. The summed E-state index contributed by atoms with van der Waals surface area (Å²) in [5.41, 5.74) is 6.01. The number of nitrogens with zero attached hydrogens (tertiary/aromatic N) is 1. The van der Waals surface area contributed by atoms with Gasteiger partial charge in [-0.05, 0) is 51.3 Å². The van der Waals surface area contributed by atoms with Crippen LogP contribution in [0.15, 0.2) is 0 Å². The number of hydrogen-bond donors (Lipinski definition) is 1. The van der Waals surface area contributed by atoms with Crippen LogP contribution in [0.3, 0.4) is 0 Å². The van der Waals surface area contributed by atoms with Crippen molar-refractivity contribution in [3.63, 3.8) is 0 Å². The highest BCUT2D eigenvalue weighted by atomic mass is 32.2. The fourth-order valence-electron chi connectivity index (χ4n) is 2.30. The Kier molecular flexibility index (Phi) is 5.90. The second-order valence-electron chi connectivity index (χ2n) is 4.30. The van der Waals surface area contributed by atoms with Crippen molar-refractivity contribution in [2.45, 2.75) is 44.7 Å². The average Bonchev–Trinajstić information content (AvgIpc) is 2.19. The minimum Gasteiger partial charge on any atom is -0.327 e. The fraction of sp³-hybridized carbons (Fsp3) is 1.00. The van der Waals surface area contributed by atoms with E-state index in [0.717, 1.165) is 0 Å². The molecule has 84 valence electrons. The first kappa shape index (κ1) is 12.3. The molecule has 1 aliphatic rings. The molecule has 2 unspecified atom stereocenters. The molecule has 14 heavy (non-hydrogen) atoms. The van der Waals surface area contributed by atoms with E-state index >= 15 is 0 Å². The highest BCUT2D eigenvalue weighted by Gasteiger charge is 2.24. The molecule has 1 fully saturated rings. The van der Waals surface area contributed by atoms with Crippen LogP contribution in [-0.4, -0.2) is 42.1 Å². The second-order valence-corrected chi connectivity index (χ2v) is 5.29. The van der Waals surface area contributed by atoms with Crippen LogP contribution in [0.25, 0.3) is 0 Å². The molecule has 0 spiro atoms. The summed E-state index contributed by atoms with van der Waals surface area (Å²) in [6.45, 7) is 4.66. The molecular weight excluding hydrogens is 192 g/mol. The lowest BCUT2D eigenvalue weighted by molar-refractivity contribution is 0.131. The van der Waals surface area contributed by atoms with E-state index in [4.69, 9.17) is 5.73 Å². The number of rotatable bonds is 5. The maximum atomic E-state index is 6.01. The molecule has 1 heterocycles. The highest BCUT2D eigenvalue weighted by Crippen LogP contribution is 2.19. The standard InChI is InChI=1S/C11H24N2S/c1-10(12)11-6-3-4-7-13(11)8-5-9-14-2/h10-11H,3-9,12H2,1-2H3. The van der Waals surface area contributed by atoms with E-state index in [1.165, 1.54) is 44.5 Å². The first-order chi connectivity index (χ1) is 6.75. The summed E-state index contributed by atoms with van der Waals surface area (Å²) >= 11 is 1.94. The molecule has 1 aliphatic heterocycles. The van der Waals surface area contributed by atoms with Gasteiger partial charge in [0.1, 0.15) is 0 Å². The summed E-state index contributed by atoms with van der Waals surface area (Å²) in [6, 6.07) is 0.982. The van der Waals surface area contributed by atoms with Gasteiger partial charge in [0, 0.05) is 12.1 Å². The van der Waals surface area contributed by atoms with Crippen LogP contribution in [-0.2, 0) is 0 Å². The quantitative estimate of drug-likeness (QED) is 0.712. The van der Waals surface area contributed by atoms with Crippen molar-refractivity contribution in [3.05, 3.63) is 0 Å². The van der Waals surface area contributed by atoms with E-state index in [2.05, 4.69) is 18.1 Å². The Morgan fingerprint density at radius 1 is 1.50 bits per heavy atom. The molecule has 0 aliphatic carbocycles. The van der Waals surface area contributed by atoms with Gasteiger partial charge in [-0.3, -0.25) is 4.90 Å². The smallest absolute Gasteiger partial charge is 0.0244 e. The number of likely N-dealkylation sites (tertiary alicyclic amines) is 1. The summed E-state index contributed by atoms with van der Waals surface area (Å²) < 4.78 is 0. The maximum Gasteiger partial charge on any atom is 0.0244 e. The molecule has 0 aromatic rings. The van der Waals surface area contributed by atoms with E-state index < -0.39 is 0 Å². The Morgan fingerprint density at radius 3 is 2.93 bits per heavy atom. The van der Waals surface area contributed by atoms with Crippen LogP contribution in [0.5, 0.6) is 0 Å². The molecule has 0 amide bonds. The molecule has 0 aromatic carbocycles. The first-order valence-corrected chi connectivity index (χ1v) is 7.13. The topological polar surface area (TPSA) is 29.3 Å². The third kappa shape index (κ3) is 3.79. The van der Waals surface area contributed by atoms with Gasteiger partial charge < -0.3 is 5.73 Å². The number of hydrogen-bond acceptors (Lipinski definition) is 3. The Morgan fingerprint density at radius 2 is 2.29 bits per heavy atom. The van der Waals surface area contributed by atoms with Crippen molar-refractivity contribution in [3.8, 4) is 0 Å². The number of nitrogens with two attached hydrogens (primary N) is 1. The molecule has 0 aromatic heterocycles. The summed E-state index contributed by atoms with van der Waals surface area (Å²) in [4.78, 5) is 2.60. The monoisotopic (exact) mass is 216 g/mol. The minimum atomic E-state index is 0.338. The Bertz CT molecular complexity index is 150. The largest absolute Gasteiger partial charge is 0.327 e. The van der Waals surface area contributed by atoms with Gasteiger partial charge in [-0.25, -0.2) is 0 Å². The lowest BCUT2D eigenvalue weighted by Gasteiger charge is -2.38. The van der Waals surface area contributed by atoms with Gasteiger partial charge >= 0.3 is 0 Å². The predicted molar refractivity (Wildman–Crippen MR) is 65.9 cm³/mol. The molecule has 2 nitrogen and oxygen atoms in total. The van der Waals surface area contributed by atoms with Crippen molar-refractivity contribution < 1.29 is 0 Å². The summed E-state index contributed by atoms with van der Waals surface area (Å²) in [5.74, 6) is 1.28. The van der Waals surface area contributed by atoms with Gasteiger partial charge in [-0.2, -0.15) is 11.8 Å². The Hall–Kier alpha value is 0.270. The van der Waals surface area contributed by atoms with E-state index in [9.17, 15) is 0 Å². The molecule has 0 radical (unpaired) electrons. The van der Waals surface area contributed by atoms with E-state index in [1.54, 1.807) is 0 Å². The Labute approximate surface area is 92.6 Å². The van der Waals surface area contributed by atoms with Crippen LogP contribution in [0.1, 0.15) is 32.6 Å². The predicted octanol–water partition coefficient (Wildman–Crippen LogP) is 1.94. The Balaban J connectivity index is 2.30. The molecule has 1 rings (SSSR count). The molecule has 3 heteroatoms. The SMILES string of the molecule is CSCCCN1CCCCC1C(C)N. The molecule has 2 atom stereocenters. The van der Waals surface area contributed by atoms with Gasteiger partial charge in [-0.1, -0.05) is 6.42 Å².